The van der Waals surface area contributed by atoms with Gasteiger partial charge in [-0.1, -0.05) is 41.9 Å². The van der Waals surface area contributed by atoms with Gasteiger partial charge in [-0.05, 0) is 12.1 Å². The van der Waals surface area contributed by atoms with Crippen molar-refractivity contribution in [1.82, 2.24) is 9.97 Å². The molecule has 3 aromatic rings. The first-order valence-electron chi connectivity index (χ1n) is 8.83. The molecule has 33 heavy (non-hydrogen) atoms. The second-order valence-corrected chi connectivity index (χ2v) is 6.41. The lowest BCUT2D eigenvalue weighted by Crippen LogP contribution is -2.24. The number of ketones is 1. The van der Waals surface area contributed by atoms with E-state index in [1.165, 1.54) is 13.2 Å². The van der Waals surface area contributed by atoms with Gasteiger partial charge in [-0.2, -0.15) is 4.99 Å². The van der Waals surface area contributed by atoms with Crippen LogP contribution in [0.1, 0.15) is 26.4 Å². The molecule has 2 aromatic carbocycles. The zero-order valence-corrected chi connectivity index (χ0v) is 18.8. The molecule has 1 aromatic heterocycles. The Bertz CT molecular complexity index is 1170. The number of anilines is 2. The van der Waals surface area contributed by atoms with E-state index in [4.69, 9.17) is 39.3 Å². The largest absolute Gasteiger partial charge is 0.507 e. The fraction of sp³-hybridized carbons (Fsp3) is 0.0500. The summed E-state index contributed by atoms with van der Waals surface area (Å²) in [6, 6.07) is 13.5. The summed E-state index contributed by atoms with van der Waals surface area (Å²) in [6.45, 7) is 0. The molecular formula is C20H21Cl2N7O4. The molecule has 3 rings (SSSR count). The van der Waals surface area contributed by atoms with E-state index in [9.17, 15) is 14.7 Å². The van der Waals surface area contributed by atoms with Crippen molar-refractivity contribution in [1.29, 1.82) is 0 Å². The molecule has 0 saturated carbocycles. The van der Waals surface area contributed by atoms with Gasteiger partial charge in [0.2, 0.25) is 0 Å². The van der Waals surface area contributed by atoms with Gasteiger partial charge in [-0.3, -0.25) is 9.59 Å². The maximum absolute atomic E-state index is 12.1. The number of nitrogens with zero attached hydrogens (tertiary/aromatic N) is 3. The molecule has 0 saturated heterocycles. The molecule has 0 atom stereocenters. The molecule has 0 spiro atoms. The Hall–Kier alpha value is -4.09. The molecule has 13 heteroatoms. The van der Waals surface area contributed by atoms with Crippen LogP contribution in [0.5, 0.6) is 11.5 Å². The lowest BCUT2D eigenvalue weighted by atomic mass is 10.0. The number of halogens is 2. The van der Waals surface area contributed by atoms with Crippen LogP contribution in [0.4, 0.5) is 11.6 Å². The summed E-state index contributed by atoms with van der Waals surface area (Å²) in [6.07, 6.45) is 0. The number of nitrogens with two attached hydrogens (primary N) is 4. The summed E-state index contributed by atoms with van der Waals surface area (Å²) < 4.78 is 4.96. The van der Waals surface area contributed by atoms with Crippen LogP contribution >= 0.6 is 24.0 Å². The van der Waals surface area contributed by atoms with Crippen molar-refractivity contribution in [2.45, 2.75) is 0 Å². The van der Waals surface area contributed by atoms with Crippen molar-refractivity contribution in [3.63, 3.8) is 0 Å². The minimum atomic E-state index is -0.832. The number of aromatic nitrogens is 2. The highest BCUT2D eigenvalue weighted by Crippen LogP contribution is 2.25. The topological polar surface area (TPSA) is 206 Å². The van der Waals surface area contributed by atoms with Crippen molar-refractivity contribution in [3.05, 3.63) is 70.5 Å². The predicted octanol–water partition coefficient (Wildman–Crippen LogP) is 1.76. The minimum Gasteiger partial charge on any atom is -0.507 e. The molecule has 174 valence electrons. The first-order valence-corrected chi connectivity index (χ1v) is 9.21. The molecule has 9 N–H and O–H groups in total. The van der Waals surface area contributed by atoms with Crippen molar-refractivity contribution in [2.75, 3.05) is 18.6 Å². The zero-order valence-electron chi connectivity index (χ0n) is 17.2. The smallest absolute Gasteiger partial charge is 0.302 e. The Kier molecular flexibility index (Phi) is 9.86. The van der Waals surface area contributed by atoms with E-state index in [0.717, 1.165) is 0 Å². The Morgan fingerprint density at radius 3 is 2.21 bits per heavy atom. The molecule has 0 unspecified atom stereocenters. The number of aliphatic imine (C=N–C) groups is 1. The zero-order chi connectivity index (χ0) is 23.8. The number of amides is 1. The van der Waals surface area contributed by atoms with E-state index in [1.807, 2.05) is 6.07 Å². The van der Waals surface area contributed by atoms with E-state index in [-0.39, 0.29) is 52.0 Å². The van der Waals surface area contributed by atoms with Crippen molar-refractivity contribution >= 4 is 53.3 Å². The third kappa shape index (κ3) is 7.23. The average molecular weight is 494 g/mol. The average Bonchev–Trinajstić information content (AvgIpc) is 2.76. The molecule has 1 heterocycles. The van der Waals surface area contributed by atoms with Crippen LogP contribution in [-0.4, -0.2) is 39.8 Å². The molecule has 0 bridgehead atoms. The molecule has 11 nitrogen and oxygen atoms in total. The molecule has 1 amide bonds. The van der Waals surface area contributed by atoms with Gasteiger partial charge in [0, 0.05) is 11.6 Å². The van der Waals surface area contributed by atoms with Crippen molar-refractivity contribution < 1.29 is 19.4 Å². The Balaban J connectivity index is 0.000000323. The summed E-state index contributed by atoms with van der Waals surface area (Å²) >= 11 is 5.55. The van der Waals surface area contributed by atoms with E-state index in [2.05, 4.69) is 15.0 Å². The third-order valence-corrected chi connectivity index (χ3v) is 4.10. The number of carbonyl (C=O) groups excluding carboxylic acids is 2. The van der Waals surface area contributed by atoms with Gasteiger partial charge < -0.3 is 32.8 Å². The Morgan fingerprint density at radius 1 is 1.03 bits per heavy atom. The fourth-order valence-electron chi connectivity index (χ4n) is 2.34. The molecular weight excluding hydrogens is 473 g/mol. The van der Waals surface area contributed by atoms with Crippen molar-refractivity contribution in [2.24, 2.45) is 16.5 Å². The van der Waals surface area contributed by atoms with E-state index >= 15 is 0 Å². The summed E-state index contributed by atoms with van der Waals surface area (Å²) in [4.78, 5) is 33.8. The highest BCUT2D eigenvalue weighted by atomic mass is 35.5. The number of benzene rings is 2. The normalized spacial score (nSPS) is 9.52. The minimum absolute atomic E-state index is 0. The molecule has 0 aliphatic heterocycles. The summed E-state index contributed by atoms with van der Waals surface area (Å²) in [5, 5.41) is 9.61. The highest BCUT2D eigenvalue weighted by Gasteiger charge is 2.15. The molecule has 0 fully saturated rings. The second-order valence-electron chi connectivity index (χ2n) is 6.05. The molecule has 0 radical (unpaired) electrons. The number of rotatable bonds is 4. The number of phenols is 1. The van der Waals surface area contributed by atoms with Crippen LogP contribution < -0.4 is 27.7 Å². The number of carbonyl (C=O) groups is 2. The quantitative estimate of drug-likeness (QED) is 0.202. The number of methoxy groups -OCH3 is 1. The Labute approximate surface area is 199 Å². The van der Waals surface area contributed by atoms with E-state index < -0.39 is 11.9 Å². The van der Waals surface area contributed by atoms with Gasteiger partial charge in [-0.25, -0.2) is 9.97 Å². The fourth-order valence-corrected chi connectivity index (χ4v) is 2.47. The van der Waals surface area contributed by atoms with Crippen LogP contribution in [0.2, 0.25) is 5.15 Å². The summed E-state index contributed by atoms with van der Waals surface area (Å²) in [5.41, 5.74) is 21.3. The third-order valence-electron chi connectivity index (χ3n) is 3.82. The number of nitrogen functional groups attached to an aromatic ring is 2. The van der Waals surface area contributed by atoms with Gasteiger partial charge in [0.15, 0.2) is 34.2 Å². The molecule has 0 aliphatic carbocycles. The van der Waals surface area contributed by atoms with Crippen LogP contribution in [0.3, 0.4) is 0 Å². The lowest BCUT2D eigenvalue weighted by Gasteiger charge is -2.06. The lowest BCUT2D eigenvalue weighted by molar-refractivity contribution is 0.0996. The number of ether oxygens (including phenoxy) is 1. The number of aromatic hydroxyl groups is 1. The number of phenolic OH excluding ortho intramolecular Hbond substituents is 1. The number of hydrogen-bond donors (Lipinski definition) is 5. The standard InChI is InChI=1S/C14H12O3.C6H8ClN7O.ClH/c1-17-11-7-8-12(13(15)9-11)14(16)10-5-3-2-4-6-10;7-2-4(9)13-3(8)1(12-2)5(15)14-6(10)11;/h2-9,15H,1H3;(H4,8,9,13)(H4,10,11,14,15);1H. The van der Waals surface area contributed by atoms with E-state index in [0.29, 0.717) is 11.3 Å². The maximum atomic E-state index is 12.1. The number of guanidine groups is 1. The summed E-state index contributed by atoms with van der Waals surface area (Å²) in [5.74, 6) is -1.26. The van der Waals surface area contributed by atoms with Crippen LogP contribution in [0.15, 0.2) is 53.5 Å². The number of hydrogen-bond acceptors (Lipinski definition) is 8. The van der Waals surface area contributed by atoms with Gasteiger partial charge in [-0.15, -0.1) is 12.4 Å². The second kappa shape index (κ2) is 12.1. The van der Waals surface area contributed by atoms with Crippen LogP contribution in [0.25, 0.3) is 0 Å². The first kappa shape index (κ1) is 26.9. The first-order chi connectivity index (χ1) is 15.1. The van der Waals surface area contributed by atoms with Crippen molar-refractivity contribution in [3.8, 4) is 11.5 Å². The van der Waals surface area contributed by atoms with Crippen LogP contribution in [0, 0.1) is 0 Å². The Morgan fingerprint density at radius 2 is 1.67 bits per heavy atom. The predicted molar refractivity (Wildman–Crippen MR) is 128 cm³/mol. The monoisotopic (exact) mass is 493 g/mol. The van der Waals surface area contributed by atoms with Gasteiger partial charge >= 0.3 is 5.91 Å². The van der Waals surface area contributed by atoms with E-state index in [1.54, 1.807) is 36.4 Å². The van der Waals surface area contributed by atoms with Gasteiger partial charge in [0.05, 0.1) is 12.7 Å². The molecule has 0 aliphatic rings. The SMILES string of the molecule is COc1ccc(C(=O)c2ccccc2)c(O)c1.Cl.NC(N)=NC(=O)c1nc(Cl)c(N)nc1N. The van der Waals surface area contributed by atoms with Gasteiger partial charge in [0.1, 0.15) is 11.5 Å². The van der Waals surface area contributed by atoms with Crippen LogP contribution in [-0.2, 0) is 0 Å². The maximum Gasteiger partial charge on any atom is 0.302 e. The van der Waals surface area contributed by atoms with Gasteiger partial charge in [0.25, 0.3) is 0 Å². The summed E-state index contributed by atoms with van der Waals surface area (Å²) in [7, 11) is 1.51. The highest BCUT2D eigenvalue weighted by molar-refractivity contribution is 6.31.